The number of nitrogens with zero attached hydrogens (tertiary/aromatic N) is 2. The Kier molecular flexibility index (Phi) is 4.21. The molecular weight excluding hydrogens is 236 g/mol. The van der Waals surface area contributed by atoms with Gasteiger partial charge in [-0.05, 0) is 31.2 Å². The van der Waals surface area contributed by atoms with Gasteiger partial charge in [-0.1, -0.05) is 37.3 Å². The summed E-state index contributed by atoms with van der Waals surface area (Å²) in [6.45, 7) is 5.03. The Morgan fingerprint density at radius 2 is 2.05 bits per heavy atom. The highest BCUT2D eigenvalue weighted by molar-refractivity contribution is 5.86. The Hall–Kier alpha value is -1.82. The Morgan fingerprint density at radius 3 is 2.68 bits per heavy atom. The molecule has 1 aliphatic rings. The number of rotatable bonds is 2. The van der Waals surface area contributed by atoms with Gasteiger partial charge < -0.3 is 4.90 Å². The Morgan fingerprint density at radius 1 is 1.37 bits per heavy atom. The predicted molar refractivity (Wildman–Crippen MR) is 74.4 cm³/mol. The van der Waals surface area contributed by atoms with E-state index in [9.17, 15) is 10.1 Å². The van der Waals surface area contributed by atoms with Gasteiger partial charge in [0, 0.05) is 12.6 Å². The minimum atomic E-state index is -0.672. The third-order valence-electron chi connectivity index (χ3n) is 4.17. The molecule has 0 saturated carbocycles. The summed E-state index contributed by atoms with van der Waals surface area (Å²) in [4.78, 5) is 14.5. The Bertz CT molecular complexity index is 477. The molecule has 0 spiro atoms. The fourth-order valence-electron chi connectivity index (χ4n) is 2.73. The second kappa shape index (κ2) is 5.88. The molecular formula is C16H20N2O. The van der Waals surface area contributed by atoms with Crippen molar-refractivity contribution in [3.05, 3.63) is 35.9 Å². The van der Waals surface area contributed by atoms with Gasteiger partial charge in [-0.2, -0.15) is 5.26 Å². The van der Waals surface area contributed by atoms with E-state index >= 15 is 0 Å². The van der Waals surface area contributed by atoms with Gasteiger partial charge in [0.1, 0.15) is 5.92 Å². The van der Waals surface area contributed by atoms with E-state index in [4.69, 9.17) is 0 Å². The average Bonchev–Trinajstić information content (AvgIpc) is 2.44. The highest BCUT2D eigenvalue weighted by Gasteiger charge is 2.33. The maximum Gasteiger partial charge on any atom is 0.244 e. The van der Waals surface area contributed by atoms with Crippen LogP contribution in [0, 0.1) is 17.2 Å². The molecule has 0 N–H and O–H groups in total. The molecule has 1 aliphatic heterocycles. The largest absolute Gasteiger partial charge is 0.338 e. The zero-order valence-corrected chi connectivity index (χ0v) is 11.5. The first kappa shape index (κ1) is 13.6. The molecule has 3 heteroatoms. The molecule has 0 aromatic heterocycles. The van der Waals surface area contributed by atoms with Crippen LogP contribution in [-0.2, 0) is 4.79 Å². The first-order chi connectivity index (χ1) is 9.15. The van der Waals surface area contributed by atoms with Gasteiger partial charge >= 0.3 is 0 Å². The number of piperidine rings is 1. The van der Waals surface area contributed by atoms with Crippen molar-refractivity contribution in [1.29, 1.82) is 5.26 Å². The summed E-state index contributed by atoms with van der Waals surface area (Å²) in [6, 6.07) is 11.7. The maximum atomic E-state index is 12.6. The lowest BCUT2D eigenvalue weighted by molar-refractivity contribution is -0.136. The standard InChI is InChI=1S/C16H20N2O/c1-12-7-6-10-18(13(12)2)16(19)15(11-17)14-8-4-3-5-9-14/h3-5,8-9,12-13,15H,6-7,10H2,1-2H3. The number of benzene rings is 1. The minimum absolute atomic E-state index is 0.0484. The zero-order valence-electron chi connectivity index (χ0n) is 11.5. The normalized spacial score (nSPS) is 24.6. The van der Waals surface area contributed by atoms with Crippen molar-refractivity contribution in [3.8, 4) is 6.07 Å². The average molecular weight is 256 g/mol. The first-order valence-electron chi connectivity index (χ1n) is 6.90. The lowest BCUT2D eigenvalue weighted by Crippen LogP contribution is -2.47. The van der Waals surface area contributed by atoms with Gasteiger partial charge in [0.25, 0.3) is 0 Å². The van der Waals surface area contributed by atoms with E-state index in [1.807, 2.05) is 35.2 Å². The molecule has 3 nitrogen and oxygen atoms in total. The van der Waals surface area contributed by atoms with Crippen molar-refractivity contribution in [2.24, 2.45) is 5.92 Å². The zero-order chi connectivity index (χ0) is 13.8. The van der Waals surface area contributed by atoms with Gasteiger partial charge in [-0.25, -0.2) is 0 Å². The fourth-order valence-corrected chi connectivity index (χ4v) is 2.73. The molecule has 1 heterocycles. The quantitative estimate of drug-likeness (QED) is 0.816. The molecule has 1 aromatic rings. The van der Waals surface area contributed by atoms with Gasteiger partial charge in [0.05, 0.1) is 6.07 Å². The van der Waals surface area contributed by atoms with Crippen LogP contribution in [0.5, 0.6) is 0 Å². The van der Waals surface area contributed by atoms with Crippen LogP contribution in [0.4, 0.5) is 0 Å². The van der Waals surface area contributed by atoms with Crippen LogP contribution in [0.25, 0.3) is 0 Å². The predicted octanol–water partition coefficient (Wildman–Crippen LogP) is 2.94. The van der Waals surface area contributed by atoms with Crippen LogP contribution in [0.15, 0.2) is 30.3 Å². The van der Waals surface area contributed by atoms with E-state index < -0.39 is 5.92 Å². The lowest BCUT2D eigenvalue weighted by atomic mass is 9.90. The molecule has 2 rings (SSSR count). The highest BCUT2D eigenvalue weighted by atomic mass is 16.2. The van der Waals surface area contributed by atoms with Gasteiger partial charge in [-0.15, -0.1) is 0 Å². The Balaban J connectivity index is 2.20. The SMILES string of the molecule is CC1CCCN(C(=O)C(C#N)c2ccccc2)C1C. The number of nitriles is 1. The number of hydrogen-bond acceptors (Lipinski definition) is 2. The van der Waals surface area contributed by atoms with Crippen LogP contribution in [-0.4, -0.2) is 23.4 Å². The summed E-state index contributed by atoms with van der Waals surface area (Å²) in [5, 5.41) is 9.34. The Labute approximate surface area is 114 Å². The third-order valence-corrected chi connectivity index (χ3v) is 4.17. The molecule has 1 fully saturated rings. The third kappa shape index (κ3) is 2.78. The number of amides is 1. The van der Waals surface area contributed by atoms with Gasteiger partial charge in [-0.3, -0.25) is 4.79 Å². The summed E-state index contributed by atoms with van der Waals surface area (Å²) in [5.41, 5.74) is 0.792. The number of hydrogen-bond donors (Lipinski definition) is 0. The first-order valence-corrected chi connectivity index (χ1v) is 6.90. The summed E-state index contributed by atoms with van der Waals surface area (Å²) >= 11 is 0. The summed E-state index contributed by atoms with van der Waals surface area (Å²) < 4.78 is 0. The molecule has 0 radical (unpaired) electrons. The van der Waals surface area contributed by atoms with Crippen LogP contribution in [0.2, 0.25) is 0 Å². The molecule has 1 amide bonds. The number of carbonyl (C=O) groups excluding carboxylic acids is 1. The summed E-state index contributed by atoms with van der Waals surface area (Å²) in [5.74, 6) is -0.213. The van der Waals surface area contributed by atoms with E-state index in [1.54, 1.807) is 0 Å². The van der Waals surface area contributed by atoms with Crippen molar-refractivity contribution in [3.63, 3.8) is 0 Å². The van der Waals surface area contributed by atoms with E-state index in [2.05, 4.69) is 19.9 Å². The van der Waals surface area contributed by atoms with E-state index in [1.165, 1.54) is 0 Å². The molecule has 0 aliphatic carbocycles. The molecule has 3 atom stereocenters. The smallest absolute Gasteiger partial charge is 0.244 e. The summed E-state index contributed by atoms with van der Waals surface area (Å²) in [7, 11) is 0. The molecule has 3 unspecified atom stereocenters. The van der Waals surface area contributed by atoms with Crippen molar-refractivity contribution >= 4 is 5.91 Å². The minimum Gasteiger partial charge on any atom is -0.338 e. The second-order valence-electron chi connectivity index (χ2n) is 5.36. The van der Waals surface area contributed by atoms with Gasteiger partial charge in [0.2, 0.25) is 5.91 Å². The monoisotopic (exact) mass is 256 g/mol. The highest BCUT2D eigenvalue weighted by Crippen LogP contribution is 2.27. The van der Waals surface area contributed by atoms with Crippen LogP contribution in [0.1, 0.15) is 38.2 Å². The number of likely N-dealkylation sites (tertiary alicyclic amines) is 1. The van der Waals surface area contributed by atoms with Crippen molar-refractivity contribution < 1.29 is 4.79 Å². The second-order valence-corrected chi connectivity index (χ2v) is 5.36. The van der Waals surface area contributed by atoms with Crippen molar-refractivity contribution in [1.82, 2.24) is 4.90 Å². The van der Waals surface area contributed by atoms with Crippen LogP contribution in [0.3, 0.4) is 0 Å². The lowest BCUT2D eigenvalue weighted by Gasteiger charge is -2.38. The molecule has 19 heavy (non-hydrogen) atoms. The van der Waals surface area contributed by atoms with Crippen molar-refractivity contribution in [2.75, 3.05) is 6.54 Å². The van der Waals surface area contributed by atoms with Crippen LogP contribution >= 0.6 is 0 Å². The molecule has 100 valence electrons. The molecule has 1 saturated heterocycles. The van der Waals surface area contributed by atoms with E-state index in [-0.39, 0.29) is 11.9 Å². The van der Waals surface area contributed by atoms with Crippen molar-refractivity contribution in [2.45, 2.75) is 38.6 Å². The fraction of sp³-hybridized carbons (Fsp3) is 0.500. The van der Waals surface area contributed by atoms with E-state index in [0.29, 0.717) is 5.92 Å². The number of carbonyl (C=O) groups is 1. The maximum absolute atomic E-state index is 12.6. The van der Waals surface area contributed by atoms with Gasteiger partial charge in [0.15, 0.2) is 0 Å². The van der Waals surface area contributed by atoms with Crippen LogP contribution < -0.4 is 0 Å². The van der Waals surface area contributed by atoms with E-state index in [0.717, 1.165) is 24.9 Å². The summed E-state index contributed by atoms with van der Waals surface area (Å²) in [6.07, 6.45) is 2.19. The molecule has 1 aromatic carbocycles. The topological polar surface area (TPSA) is 44.1 Å². The molecule has 0 bridgehead atoms.